The largest absolute Gasteiger partial charge is 0.481 e. The number of nitrogens with one attached hydrogen (secondary N) is 1. The van der Waals surface area contributed by atoms with E-state index in [2.05, 4.69) is 10.5 Å². The minimum Gasteiger partial charge on any atom is -0.481 e. The standard InChI is InChI=1S/C9H14N2O3/c1-5(2)3-6-7(4-8(12)13)10-11-9(6)14/h5-6H,3-4H2,1-2H3,(H,11,14)(H,12,13). The van der Waals surface area contributed by atoms with Gasteiger partial charge in [0.2, 0.25) is 5.91 Å². The van der Waals surface area contributed by atoms with Crippen molar-refractivity contribution in [1.82, 2.24) is 5.43 Å². The van der Waals surface area contributed by atoms with Gasteiger partial charge in [0.15, 0.2) is 0 Å². The highest BCUT2D eigenvalue weighted by Gasteiger charge is 2.31. The van der Waals surface area contributed by atoms with Gasteiger partial charge in [-0.3, -0.25) is 9.59 Å². The molecular weight excluding hydrogens is 184 g/mol. The fourth-order valence-electron chi connectivity index (χ4n) is 1.47. The predicted octanol–water partition coefficient (Wildman–Crippen LogP) is 0.609. The molecule has 0 fully saturated rings. The van der Waals surface area contributed by atoms with E-state index >= 15 is 0 Å². The number of nitrogens with zero attached hydrogens (tertiary/aromatic N) is 1. The Balaban J connectivity index is 2.65. The van der Waals surface area contributed by atoms with Crippen molar-refractivity contribution in [2.75, 3.05) is 0 Å². The van der Waals surface area contributed by atoms with Crippen molar-refractivity contribution >= 4 is 17.6 Å². The number of hydrogen-bond acceptors (Lipinski definition) is 3. The van der Waals surface area contributed by atoms with Crippen LogP contribution in [0.1, 0.15) is 26.7 Å². The monoisotopic (exact) mass is 198 g/mol. The van der Waals surface area contributed by atoms with Gasteiger partial charge >= 0.3 is 5.97 Å². The molecule has 78 valence electrons. The molecule has 5 heteroatoms. The number of carbonyl (C=O) groups excluding carboxylic acids is 1. The van der Waals surface area contributed by atoms with E-state index in [0.29, 0.717) is 18.1 Å². The maximum atomic E-state index is 11.3. The SMILES string of the molecule is CC(C)CC1C(=O)NN=C1CC(=O)O. The third kappa shape index (κ3) is 2.55. The molecule has 1 atom stereocenters. The molecule has 1 aliphatic rings. The number of amides is 1. The molecule has 0 saturated carbocycles. The first kappa shape index (κ1) is 10.7. The lowest BCUT2D eigenvalue weighted by atomic mass is 9.91. The maximum Gasteiger partial charge on any atom is 0.309 e. The first-order valence-electron chi connectivity index (χ1n) is 4.58. The Hall–Kier alpha value is -1.39. The highest BCUT2D eigenvalue weighted by Crippen LogP contribution is 2.19. The third-order valence-electron chi connectivity index (χ3n) is 2.07. The highest BCUT2D eigenvalue weighted by atomic mass is 16.4. The minimum absolute atomic E-state index is 0.157. The molecule has 0 aromatic carbocycles. The second kappa shape index (κ2) is 4.21. The first-order chi connectivity index (χ1) is 6.50. The topological polar surface area (TPSA) is 78.8 Å². The summed E-state index contributed by atoms with van der Waals surface area (Å²) in [5, 5.41) is 12.3. The Bertz CT molecular complexity index is 284. The molecule has 0 saturated heterocycles. The van der Waals surface area contributed by atoms with Crippen LogP contribution in [0.2, 0.25) is 0 Å². The molecule has 1 rings (SSSR count). The lowest BCUT2D eigenvalue weighted by Gasteiger charge is -2.11. The van der Waals surface area contributed by atoms with Gasteiger partial charge in [0, 0.05) is 0 Å². The normalized spacial score (nSPS) is 20.9. The molecule has 0 bridgehead atoms. The van der Waals surface area contributed by atoms with Gasteiger partial charge in [0.25, 0.3) is 0 Å². The van der Waals surface area contributed by atoms with Crippen LogP contribution in [0.5, 0.6) is 0 Å². The number of aliphatic carboxylic acids is 1. The Morgan fingerprint density at radius 3 is 2.79 bits per heavy atom. The molecular formula is C9H14N2O3. The molecule has 2 N–H and O–H groups in total. The zero-order valence-corrected chi connectivity index (χ0v) is 8.28. The summed E-state index contributed by atoms with van der Waals surface area (Å²) in [5.41, 5.74) is 2.76. The molecule has 0 aromatic heterocycles. The summed E-state index contributed by atoms with van der Waals surface area (Å²) in [4.78, 5) is 21.8. The van der Waals surface area contributed by atoms with Gasteiger partial charge in [-0.1, -0.05) is 13.8 Å². The Labute approximate surface area is 82.2 Å². The quantitative estimate of drug-likeness (QED) is 0.694. The van der Waals surface area contributed by atoms with Gasteiger partial charge in [-0.15, -0.1) is 0 Å². The van der Waals surface area contributed by atoms with Crippen LogP contribution in [0.25, 0.3) is 0 Å². The fourth-order valence-corrected chi connectivity index (χ4v) is 1.47. The van der Waals surface area contributed by atoms with Gasteiger partial charge in [-0.05, 0) is 12.3 Å². The van der Waals surface area contributed by atoms with Crippen LogP contribution in [-0.4, -0.2) is 22.7 Å². The molecule has 1 unspecified atom stereocenters. The summed E-state index contributed by atoms with van der Waals surface area (Å²) in [6.07, 6.45) is 0.494. The Morgan fingerprint density at radius 2 is 2.29 bits per heavy atom. The van der Waals surface area contributed by atoms with Crippen LogP contribution in [0.15, 0.2) is 5.10 Å². The molecule has 0 aromatic rings. The average Bonchev–Trinajstić information content (AvgIpc) is 2.34. The van der Waals surface area contributed by atoms with E-state index < -0.39 is 5.97 Å². The van der Waals surface area contributed by atoms with Crippen LogP contribution in [0.3, 0.4) is 0 Å². The number of hydrazone groups is 1. The fraction of sp³-hybridized carbons (Fsp3) is 0.667. The zero-order chi connectivity index (χ0) is 10.7. The van der Waals surface area contributed by atoms with Gasteiger partial charge in [-0.2, -0.15) is 5.10 Å². The number of hydrogen-bond donors (Lipinski definition) is 2. The van der Waals surface area contributed by atoms with Crippen LogP contribution < -0.4 is 5.43 Å². The van der Waals surface area contributed by atoms with Crippen LogP contribution in [0, 0.1) is 11.8 Å². The summed E-state index contributed by atoms with van der Waals surface area (Å²) in [6.45, 7) is 3.98. The smallest absolute Gasteiger partial charge is 0.309 e. The zero-order valence-electron chi connectivity index (χ0n) is 8.28. The summed E-state index contributed by atoms with van der Waals surface area (Å²) in [7, 11) is 0. The number of carbonyl (C=O) groups is 2. The second-order valence-electron chi connectivity index (χ2n) is 3.83. The summed E-state index contributed by atoms with van der Waals surface area (Å²) < 4.78 is 0. The lowest BCUT2D eigenvalue weighted by Crippen LogP contribution is -2.25. The number of carboxylic acids is 1. The van der Waals surface area contributed by atoms with Gasteiger partial charge in [-0.25, -0.2) is 5.43 Å². The molecule has 1 aliphatic heterocycles. The lowest BCUT2D eigenvalue weighted by molar-refractivity contribution is -0.135. The van der Waals surface area contributed by atoms with Crippen molar-refractivity contribution in [2.45, 2.75) is 26.7 Å². The minimum atomic E-state index is -0.950. The van der Waals surface area contributed by atoms with Gasteiger partial charge < -0.3 is 5.11 Å². The van der Waals surface area contributed by atoms with Crippen molar-refractivity contribution in [3.63, 3.8) is 0 Å². The van der Waals surface area contributed by atoms with E-state index in [1.54, 1.807) is 0 Å². The van der Waals surface area contributed by atoms with E-state index in [1.165, 1.54) is 0 Å². The van der Waals surface area contributed by atoms with Crippen molar-refractivity contribution in [3.05, 3.63) is 0 Å². The maximum absolute atomic E-state index is 11.3. The van der Waals surface area contributed by atoms with Crippen LogP contribution in [-0.2, 0) is 9.59 Å². The van der Waals surface area contributed by atoms with E-state index in [4.69, 9.17) is 5.11 Å². The highest BCUT2D eigenvalue weighted by molar-refractivity contribution is 6.12. The second-order valence-corrected chi connectivity index (χ2v) is 3.83. The summed E-state index contributed by atoms with van der Waals surface area (Å²) >= 11 is 0. The molecule has 0 spiro atoms. The summed E-state index contributed by atoms with van der Waals surface area (Å²) in [5.74, 6) is -1.14. The molecule has 0 aliphatic carbocycles. The van der Waals surface area contributed by atoms with Crippen LogP contribution >= 0.6 is 0 Å². The summed E-state index contributed by atoms with van der Waals surface area (Å²) in [6, 6.07) is 0. The van der Waals surface area contributed by atoms with Crippen LogP contribution in [0.4, 0.5) is 0 Å². The van der Waals surface area contributed by atoms with E-state index in [-0.39, 0.29) is 18.2 Å². The van der Waals surface area contributed by atoms with Crippen molar-refractivity contribution < 1.29 is 14.7 Å². The Morgan fingerprint density at radius 1 is 1.64 bits per heavy atom. The van der Waals surface area contributed by atoms with Gasteiger partial charge in [0.1, 0.15) is 0 Å². The predicted molar refractivity (Wildman–Crippen MR) is 50.8 cm³/mol. The van der Waals surface area contributed by atoms with E-state index in [9.17, 15) is 9.59 Å². The Kier molecular flexibility index (Phi) is 3.22. The van der Waals surface area contributed by atoms with Crippen molar-refractivity contribution in [1.29, 1.82) is 0 Å². The molecule has 14 heavy (non-hydrogen) atoms. The van der Waals surface area contributed by atoms with Crippen molar-refractivity contribution in [3.8, 4) is 0 Å². The number of rotatable bonds is 4. The third-order valence-corrected chi connectivity index (χ3v) is 2.07. The van der Waals surface area contributed by atoms with E-state index in [1.807, 2.05) is 13.8 Å². The molecule has 5 nitrogen and oxygen atoms in total. The molecule has 1 amide bonds. The average molecular weight is 198 g/mol. The molecule has 0 radical (unpaired) electrons. The van der Waals surface area contributed by atoms with E-state index in [0.717, 1.165) is 0 Å². The number of carboxylic acid groups (broad SMARTS) is 1. The first-order valence-corrected chi connectivity index (χ1v) is 4.58. The van der Waals surface area contributed by atoms with Crippen molar-refractivity contribution in [2.24, 2.45) is 16.9 Å². The van der Waals surface area contributed by atoms with Gasteiger partial charge in [0.05, 0.1) is 18.1 Å². The molecule has 1 heterocycles.